The SMILES string of the molecule is O=C(Nc1ccc(C(F)(F)F)cn1)Nc1ccc([C@@H]2CNCCO2)cc1Cl.O=C(Nc1ccc(C(F)(F)F)cn1)Nc1ccc([C@H]2CNCCO2)cc1Cl. The zero-order valence-electron chi connectivity index (χ0n) is 27.9. The van der Waals surface area contributed by atoms with Gasteiger partial charge in [0, 0.05) is 38.6 Å². The van der Waals surface area contributed by atoms with Gasteiger partial charge in [-0.1, -0.05) is 35.3 Å². The van der Waals surface area contributed by atoms with Crippen LogP contribution in [0.1, 0.15) is 34.5 Å². The number of nitrogens with zero attached hydrogens (tertiary/aromatic N) is 2. The average molecular weight is 802 g/mol. The van der Waals surface area contributed by atoms with Crippen LogP contribution in [0.3, 0.4) is 0 Å². The number of anilines is 4. The normalized spacial score (nSPS) is 17.4. The maximum Gasteiger partial charge on any atom is 0.417 e. The highest BCUT2D eigenvalue weighted by Crippen LogP contribution is 2.32. The summed E-state index contributed by atoms with van der Waals surface area (Å²) in [4.78, 5) is 31.2. The monoisotopic (exact) mass is 800 g/mol. The van der Waals surface area contributed by atoms with Gasteiger partial charge in [0.25, 0.3) is 0 Å². The maximum atomic E-state index is 12.5. The summed E-state index contributed by atoms with van der Waals surface area (Å²) in [5.41, 5.74) is 0.672. The van der Waals surface area contributed by atoms with Gasteiger partial charge in [-0.25, -0.2) is 19.6 Å². The molecule has 20 heteroatoms. The van der Waals surface area contributed by atoms with Crippen LogP contribution in [0.5, 0.6) is 0 Å². The van der Waals surface area contributed by atoms with Crippen molar-refractivity contribution in [2.24, 2.45) is 0 Å². The number of carbonyl (C=O) groups is 2. The quantitative estimate of drug-likeness (QED) is 0.107. The molecule has 0 spiro atoms. The molecule has 12 nitrogen and oxygen atoms in total. The summed E-state index contributed by atoms with van der Waals surface area (Å²) in [5.74, 6) is -0.0372. The number of halogens is 8. The molecule has 2 aliphatic heterocycles. The lowest BCUT2D eigenvalue weighted by molar-refractivity contribution is -0.138. The van der Waals surface area contributed by atoms with E-state index in [9.17, 15) is 35.9 Å². The zero-order valence-corrected chi connectivity index (χ0v) is 29.4. The summed E-state index contributed by atoms with van der Waals surface area (Å²) in [5, 5.41) is 16.8. The first kappa shape index (κ1) is 40.5. The number of pyridine rings is 2. The van der Waals surface area contributed by atoms with Crippen molar-refractivity contribution >= 4 is 58.3 Å². The molecule has 2 saturated heterocycles. The van der Waals surface area contributed by atoms with Gasteiger partial charge in [0.15, 0.2) is 0 Å². The Morgan fingerprint density at radius 2 is 1.04 bits per heavy atom. The van der Waals surface area contributed by atoms with E-state index >= 15 is 0 Å². The van der Waals surface area contributed by atoms with Crippen LogP contribution in [-0.2, 0) is 21.8 Å². The molecule has 0 saturated carbocycles. The maximum absolute atomic E-state index is 12.5. The van der Waals surface area contributed by atoms with Gasteiger partial charge in [-0.2, -0.15) is 26.3 Å². The van der Waals surface area contributed by atoms with Gasteiger partial charge < -0.3 is 30.7 Å². The fraction of sp³-hybridized carbons (Fsp3) is 0.294. The summed E-state index contributed by atoms with van der Waals surface area (Å²) >= 11 is 12.4. The molecule has 6 rings (SSSR count). The van der Waals surface area contributed by atoms with Crippen LogP contribution in [0.15, 0.2) is 73.1 Å². The van der Waals surface area contributed by atoms with E-state index in [2.05, 4.69) is 41.9 Å². The molecular formula is C34H32Cl2F6N8O4. The van der Waals surface area contributed by atoms with Crippen molar-refractivity contribution in [2.75, 3.05) is 60.7 Å². The van der Waals surface area contributed by atoms with E-state index in [1.54, 1.807) is 36.4 Å². The minimum absolute atomic E-state index is 0.0186. The second kappa shape index (κ2) is 18.1. The highest BCUT2D eigenvalue weighted by Gasteiger charge is 2.31. The number of amides is 4. The number of alkyl halides is 6. The van der Waals surface area contributed by atoms with E-state index in [4.69, 9.17) is 32.7 Å². The molecule has 2 aromatic carbocycles. The number of urea groups is 2. The molecule has 4 aromatic rings. The Balaban J connectivity index is 0.000000208. The minimum Gasteiger partial charge on any atom is -0.371 e. The average Bonchev–Trinajstić information content (AvgIpc) is 3.14. The first-order chi connectivity index (χ1) is 25.7. The van der Waals surface area contributed by atoms with E-state index < -0.39 is 35.5 Å². The van der Waals surface area contributed by atoms with E-state index in [1.165, 1.54) is 0 Å². The molecule has 6 N–H and O–H groups in total. The molecule has 288 valence electrons. The number of hydrogen-bond acceptors (Lipinski definition) is 8. The van der Waals surface area contributed by atoms with E-state index in [1.807, 2.05) is 0 Å². The Hall–Kier alpha value is -4.72. The lowest BCUT2D eigenvalue weighted by atomic mass is 10.1. The second-order valence-corrected chi connectivity index (χ2v) is 12.4. The second-order valence-electron chi connectivity index (χ2n) is 11.6. The predicted octanol–water partition coefficient (Wildman–Crippen LogP) is 8.12. The molecule has 0 aliphatic carbocycles. The Morgan fingerprint density at radius 3 is 1.33 bits per heavy atom. The first-order valence-electron chi connectivity index (χ1n) is 16.1. The van der Waals surface area contributed by atoms with E-state index in [-0.39, 0.29) is 23.8 Å². The van der Waals surface area contributed by atoms with Crippen molar-refractivity contribution in [1.29, 1.82) is 0 Å². The molecule has 0 bridgehead atoms. The summed E-state index contributed by atoms with van der Waals surface area (Å²) in [6, 6.07) is 12.7. The number of ether oxygens (including phenoxy) is 2. The molecule has 4 amide bonds. The Labute approximate surface area is 314 Å². The third-order valence-corrected chi connectivity index (χ3v) is 8.37. The van der Waals surface area contributed by atoms with Crippen molar-refractivity contribution in [3.8, 4) is 0 Å². The van der Waals surface area contributed by atoms with Gasteiger partial charge >= 0.3 is 24.4 Å². The minimum atomic E-state index is -4.49. The lowest BCUT2D eigenvalue weighted by Crippen LogP contribution is -2.33. The molecular weight excluding hydrogens is 769 g/mol. The van der Waals surface area contributed by atoms with E-state index in [0.717, 1.165) is 48.5 Å². The van der Waals surface area contributed by atoms with Crippen LogP contribution in [0, 0.1) is 0 Å². The lowest BCUT2D eigenvalue weighted by Gasteiger charge is -2.24. The Bertz CT molecular complexity index is 1750. The smallest absolute Gasteiger partial charge is 0.371 e. The molecule has 4 heterocycles. The molecule has 2 aliphatic rings. The highest BCUT2D eigenvalue weighted by molar-refractivity contribution is 6.34. The number of rotatable bonds is 6. The number of morpholine rings is 2. The molecule has 2 aromatic heterocycles. The Kier molecular flexibility index (Phi) is 13.5. The third kappa shape index (κ3) is 11.6. The standard InChI is InChI=1S/2C17H16ClF3N4O2/c2*18-12-7-10(14-9-22-5-6-27-14)1-3-13(12)24-16(26)25-15-4-2-11(8-23-15)17(19,20)21/h2*1-4,7-8,14,22H,5-6,9H2,(H2,23,24,25,26)/t2*14-/m10/s1. The van der Waals surface area contributed by atoms with Crippen molar-refractivity contribution in [3.05, 3.63) is 105 Å². The van der Waals surface area contributed by atoms with Crippen LogP contribution < -0.4 is 31.9 Å². The van der Waals surface area contributed by atoms with Gasteiger partial charge in [0.1, 0.15) is 11.6 Å². The topological polar surface area (TPSA) is 151 Å². The predicted molar refractivity (Wildman–Crippen MR) is 190 cm³/mol. The highest BCUT2D eigenvalue weighted by atomic mass is 35.5. The summed E-state index contributed by atoms with van der Waals surface area (Å²) in [6.45, 7) is 4.13. The van der Waals surface area contributed by atoms with Crippen LogP contribution in [0.4, 0.5) is 58.9 Å². The van der Waals surface area contributed by atoms with Crippen LogP contribution in [0.2, 0.25) is 10.0 Å². The molecule has 0 radical (unpaired) electrons. The van der Waals surface area contributed by atoms with Gasteiger partial charge in [-0.15, -0.1) is 0 Å². The van der Waals surface area contributed by atoms with Crippen LogP contribution >= 0.6 is 23.2 Å². The molecule has 54 heavy (non-hydrogen) atoms. The van der Waals surface area contributed by atoms with Crippen LogP contribution in [-0.4, -0.2) is 61.4 Å². The van der Waals surface area contributed by atoms with Gasteiger partial charge in [-0.3, -0.25) is 10.6 Å². The number of carbonyl (C=O) groups excluding carboxylic acids is 2. The van der Waals surface area contributed by atoms with Crippen LogP contribution in [0.25, 0.3) is 0 Å². The third-order valence-electron chi connectivity index (χ3n) is 7.75. The largest absolute Gasteiger partial charge is 0.417 e. The Morgan fingerprint density at radius 1 is 0.630 bits per heavy atom. The number of hydrogen-bond donors (Lipinski definition) is 6. The molecule has 2 fully saturated rings. The van der Waals surface area contributed by atoms with E-state index in [0.29, 0.717) is 60.1 Å². The van der Waals surface area contributed by atoms with Gasteiger partial charge in [0.05, 0.1) is 58.0 Å². The summed E-state index contributed by atoms with van der Waals surface area (Å²) < 4.78 is 86.4. The van der Waals surface area contributed by atoms with Gasteiger partial charge in [-0.05, 0) is 59.7 Å². The fourth-order valence-corrected chi connectivity index (χ4v) is 5.51. The number of aromatic nitrogens is 2. The number of nitrogens with one attached hydrogen (secondary N) is 6. The molecule has 0 unspecified atom stereocenters. The molecule has 2 atom stereocenters. The summed E-state index contributed by atoms with van der Waals surface area (Å²) in [7, 11) is 0. The van der Waals surface area contributed by atoms with Gasteiger partial charge in [0.2, 0.25) is 0 Å². The summed E-state index contributed by atoms with van der Waals surface area (Å²) in [6.07, 6.45) is -7.90. The van der Waals surface area contributed by atoms with Crippen molar-refractivity contribution < 1.29 is 45.4 Å². The van der Waals surface area contributed by atoms with Crippen molar-refractivity contribution in [1.82, 2.24) is 20.6 Å². The number of benzene rings is 2. The fourth-order valence-electron chi connectivity index (χ4n) is 5.04. The van der Waals surface area contributed by atoms with Crippen molar-refractivity contribution in [3.63, 3.8) is 0 Å². The first-order valence-corrected chi connectivity index (χ1v) is 16.9. The zero-order chi connectivity index (χ0) is 38.9. The van der Waals surface area contributed by atoms with Crippen molar-refractivity contribution in [2.45, 2.75) is 24.6 Å².